The molecular formula is C12H16ClN3O2. The third-order valence-electron chi connectivity index (χ3n) is 3.19. The van der Waals surface area contributed by atoms with Crippen LogP contribution in [-0.4, -0.2) is 28.1 Å². The Morgan fingerprint density at radius 3 is 2.94 bits per heavy atom. The molecule has 0 unspecified atom stereocenters. The summed E-state index contributed by atoms with van der Waals surface area (Å²) in [6, 6.07) is 1.22. The lowest BCUT2D eigenvalue weighted by atomic mass is 9.92. The number of carbonyl (C=O) groups is 1. The molecule has 2 atom stereocenters. The van der Waals surface area contributed by atoms with Crippen molar-refractivity contribution < 1.29 is 9.90 Å². The average Bonchev–Trinajstić information content (AvgIpc) is 2.35. The first kappa shape index (κ1) is 13.1. The molecule has 0 bridgehead atoms. The highest BCUT2D eigenvalue weighted by atomic mass is 35.5. The summed E-state index contributed by atoms with van der Waals surface area (Å²) >= 11 is 5.74. The maximum absolute atomic E-state index is 12.0. The normalized spacial score (nSPS) is 23.7. The van der Waals surface area contributed by atoms with Gasteiger partial charge in [-0.2, -0.15) is 0 Å². The van der Waals surface area contributed by atoms with Crippen molar-refractivity contribution in [2.45, 2.75) is 37.8 Å². The van der Waals surface area contributed by atoms with Gasteiger partial charge in [0.15, 0.2) is 0 Å². The van der Waals surface area contributed by atoms with Gasteiger partial charge in [-0.3, -0.25) is 4.79 Å². The molecule has 0 saturated heterocycles. The number of amides is 1. The van der Waals surface area contributed by atoms with Crippen molar-refractivity contribution in [2.75, 3.05) is 5.73 Å². The molecule has 0 spiro atoms. The summed E-state index contributed by atoms with van der Waals surface area (Å²) in [6.45, 7) is 0. The van der Waals surface area contributed by atoms with E-state index in [0.29, 0.717) is 5.56 Å². The van der Waals surface area contributed by atoms with Crippen LogP contribution in [0, 0.1) is 0 Å². The highest BCUT2D eigenvalue weighted by molar-refractivity contribution is 6.29. The predicted molar refractivity (Wildman–Crippen MR) is 69.4 cm³/mol. The van der Waals surface area contributed by atoms with Crippen LogP contribution in [0.1, 0.15) is 36.0 Å². The Bertz CT molecular complexity index is 453. The van der Waals surface area contributed by atoms with Crippen molar-refractivity contribution in [3.63, 3.8) is 0 Å². The molecule has 5 nitrogen and oxygen atoms in total. The van der Waals surface area contributed by atoms with Crippen molar-refractivity contribution in [1.82, 2.24) is 10.3 Å². The molecule has 1 aromatic rings. The molecule has 1 heterocycles. The molecule has 6 heteroatoms. The average molecular weight is 270 g/mol. The molecule has 0 aliphatic heterocycles. The topological polar surface area (TPSA) is 88.2 Å². The van der Waals surface area contributed by atoms with Crippen molar-refractivity contribution in [3.05, 3.63) is 23.0 Å². The van der Waals surface area contributed by atoms with Crippen LogP contribution in [0.4, 0.5) is 5.69 Å². The third kappa shape index (κ3) is 2.91. The maximum atomic E-state index is 12.0. The fourth-order valence-electron chi connectivity index (χ4n) is 2.16. The quantitative estimate of drug-likeness (QED) is 0.707. The van der Waals surface area contributed by atoms with Gasteiger partial charge in [0.2, 0.25) is 0 Å². The Morgan fingerprint density at radius 2 is 2.22 bits per heavy atom. The molecule has 1 saturated carbocycles. The van der Waals surface area contributed by atoms with Crippen LogP contribution in [-0.2, 0) is 0 Å². The van der Waals surface area contributed by atoms with Crippen LogP contribution in [0.25, 0.3) is 0 Å². The lowest BCUT2D eigenvalue weighted by Gasteiger charge is -2.28. The molecule has 1 amide bonds. The number of rotatable bonds is 2. The zero-order valence-corrected chi connectivity index (χ0v) is 10.7. The summed E-state index contributed by atoms with van der Waals surface area (Å²) in [6.07, 6.45) is 4.38. The number of carbonyl (C=O) groups excluding carboxylic acids is 1. The monoisotopic (exact) mass is 269 g/mol. The number of nitrogen functional groups attached to an aromatic ring is 1. The van der Waals surface area contributed by atoms with E-state index in [0.717, 1.165) is 25.7 Å². The van der Waals surface area contributed by atoms with Gasteiger partial charge in [0.25, 0.3) is 5.91 Å². The summed E-state index contributed by atoms with van der Waals surface area (Å²) in [4.78, 5) is 15.8. The molecule has 1 aliphatic carbocycles. The second-order valence-corrected chi connectivity index (χ2v) is 4.91. The van der Waals surface area contributed by atoms with Crippen LogP contribution >= 0.6 is 11.6 Å². The first-order valence-electron chi connectivity index (χ1n) is 5.98. The molecule has 2 rings (SSSR count). The van der Waals surface area contributed by atoms with Crippen LogP contribution in [0.15, 0.2) is 12.3 Å². The summed E-state index contributed by atoms with van der Waals surface area (Å²) in [7, 11) is 0. The van der Waals surface area contributed by atoms with E-state index >= 15 is 0 Å². The van der Waals surface area contributed by atoms with Gasteiger partial charge in [0, 0.05) is 0 Å². The van der Waals surface area contributed by atoms with Gasteiger partial charge >= 0.3 is 0 Å². The lowest BCUT2D eigenvalue weighted by Crippen LogP contribution is -2.45. The molecular weight excluding hydrogens is 254 g/mol. The van der Waals surface area contributed by atoms with Crippen molar-refractivity contribution in [1.29, 1.82) is 0 Å². The van der Waals surface area contributed by atoms with E-state index in [2.05, 4.69) is 10.3 Å². The van der Waals surface area contributed by atoms with Crippen LogP contribution in [0.5, 0.6) is 0 Å². The minimum absolute atomic E-state index is 0.211. The number of halogens is 1. The molecule has 1 aromatic heterocycles. The number of aliphatic hydroxyl groups is 1. The largest absolute Gasteiger partial charge is 0.397 e. The van der Waals surface area contributed by atoms with Crippen LogP contribution in [0.2, 0.25) is 5.15 Å². The predicted octanol–water partition coefficient (Wildman–Crippen LogP) is 1.35. The zero-order chi connectivity index (χ0) is 13.1. The Balaban J connectivity index is 2.09. The molecule has 4 N–H and O–H groups in total. The summed E-state index contributed by atoms with van der Waals surface area (Å²) in [5.74, 6) is -0.317. The molecule has 98 valence electrons. The van der Waals surface area contributed by atoms with Gasteiger partial charge in [0.1, 0.15) is 5.15 Å². The lowest BCUT2D eigenvalue weighted by molar-refractivity contribution is 0.0718. The Hall–Kier alpha value is -1.33. The minimum Gasteiger partial charge on any atom is -0.397 e. The summed E-state index contributed by atoms with van der Waals surface area (Å²) in [5, 5.41) is 12.8. The highest BCUT2D eigenvalue weighted by Crippen LogP contribution is 2.20. The Kier molecular flexibility index (Phi) is 4.04. The van der Waals surface area contributed by atoms with Crippen molar-refractivity contribution >= 4 is 23.2 Å². The number of nitrogens with one attached hydrogen (secondary N) is 1. The second-order valence-electron chi connectivity index (χ2n) is 4.53. The van der Waals surface area contributed by atoms with Gasteiger partial charge in [0.05, 0.1) is 29.6 Å². The summed E-state index contributed by atoms with van der Waals surface area (Å²) in [5.41, 5.74) is 6.26. The van der Waals surface area contributed by atoms with E-state index in [4.69, 9.17) is 17.3 Å². The molecule has 1 aliphatic rings. The molecule has 18 heavy (non-hydrogen) atoms. The van der Waals surface area contributed by atoms with E-state index in [9.17, 15) is 9.90 Å². The molecule has 1 fully saturated rings. The van der Waals surface area contributed by atoms with Gasteiger partial charge < -0.3 is 16.2 Å². The highest BCUT2D eigenvalue weighted by Gasteiger charge is 2.25. The number of hydrogen-bond acceptors (Lipinski definition) is 4. The number of pyridine rings is 1. The van der Waals surface area contributed by atoms with Gasteiger partial charge in [-0.25, -0.2) is 4.98 Å². The second kappa shape index (κ2) is 5.54. The number of aromatic nitrogens is 1. The van der Waals surface area contributed by atoms with E-state index in [1.807, 2.05) is 0 Å². The Morgan fingerprint density at radius 1 is 1.50 bits per heavy atom. The van der Waals surface area contributed by atoms with Crippen molar-refractivity contribution in [3.8, 4) is 0 Å². The third-order valence-corrected chi connectivity index (χ3v) is 3.40. The SMILES string of the molecule is Nc1cnc(Cl)cc1C(=O)N[C@@H]1CCCC[C@H]1O. The fourth-order valence-corrected chi connectivity index (χ4v) is 2.32. The van der Waals surface area contributed by atoms with Gasteiger partial charge in [-0.15, -0.1) is 0 Å². The maximum Gasteiger partial charge on any atom is 0.253 e. The zero-order valence-electron chi connectivity index (χ0n) is 9.90. The van der Waals surface area contributed by atoms with Crippen molar-refractivity contribution in [2.24, 2.45) is 0 Å². The minimum atomic E-state index is -0.485. The standard InChI is InChI=1S/C12H16ClN3O2/c13-11-5-7(8(14)6-15-11)12(18)16-9-3-1-2-4-10(9)17/h5-6,9-10,17H,1-4,14H2,(H,16,18)/t9-,10-/m1/s1. The number of nitrogens with two attached hydrogens (primary N) is 1. The first-order valence-corrected chi connectivity index (χ1v) is 6.35. The smallest absolute Gasteiger partial charge is 0.253 e. The Labute approximate surface area is 110 Å². The molecule has 0 aromatic carbocycles. The van der Waals surface area contributed by atoms with Gasteiger partial charge in [-0.1, -0.05) is 24.4 Å². The fraction of sp³-hybridized carbons (Fsp3) is 0.500. The van der Waals surface area contributed by atoms with E-state index in [1.54, 1.807) is 0 Å². The van der Waals surface area contributed by atoms with E-state index in [-0.39, 0.29) is 22.8 Å². The number of hydrogen-bond donors (Lipinski definition) is 3. The first-order chi connectivity index (χ1) is 8.58. The van der Waals surface area contributed by atoms with Crippen LogP contribution in [0.3, 0.4) is 0 Å². The summed E-state index contributed by atoms with van der Waals surface area (Å²) < 4.78 is 0. The number of aliphatic hydroxyl groups excluding tert-OH is 1. The number of anilines is 1. The van der Waals surface area contributed by atoms with E-state index in [1.165, 1.54) is 12.3 Å². The van der Waals surface area contributed by atoms with Gasteiger partial charge in [-0.05, 0) is 18.9 Å². The van der Waals surface area contributed by atoms with E-state index < -0.39 is 6.10 Å². The molecule has 0 radical (unpaired) electrons. The number of nitrogens with zero attached hydrogens (tertiary/aromatic N) is 1. The van der Waals surface area contributed by atoms with Crippen LogP contribution < -0.4 is 11.1 Å².